The first-order valence-corrected chi connectivity index (χ1v) is 14.4. The standard InChI is InChI=1S/C31H36N2O4S/c1-5-20(3)21-8-11-23(12-9-21)36-15-6-16-37-25-14-10-22(18-26(25)35-4)29-32-30(34)28-24-13-7-19(2)17-27(24)38-31(28)33-29/h8-12,14,18-20H,5-7,13,15-17H2,1-4H3,(H,32,33,34)/t19-,20+/m1/s1. The lowest BCUT2D eigenvalue weighted by molar-refractivity contribution is 0.240. The van der Waals surface area contributed by atoms with Crippen molar-refractivity contribution >= 4 is 21.6 Å². The number of H-pyrrole nitrogens is 1. The topological polar surface area (TPSA) is 73.4 Å². The van der Waals surface area contributed by atoms with E-state index in [1.807, 2.05) is 30.3 Å². The molecule has 0 spiro atoms. The fraction of sp³-hybridized carbons (Fsp3) is 0.419. The molecule has 0 saturated heterocycles. The molecule has 0 aliphatic heterocycles. The second-order valence-electron chi connectivity index (χ2n) is 10.2. The van der Waals surface area contributed by atoms with Gasteiger partial charge >= 0.3 is 0 Å². The van der Waals surface area contributed by atoms with Gasteiger partial charge in [-0.05, 0) is 79.0 Å². The average Bonchev–Trinajstić information content (AvgIpc) is 3.30. The molecule has 4 aromatic rings. The van der Waals surface area contributed by atoms with E-state index in [1.165, 1.54) is 16.0 Å². The van der Waals surface area contributed by atoms with Crippen LogP contribution in [0.15, 0.2) is 47.3 Å². The van der Waals surface area contributed by atoms with Crippen molar-refractivity contribution in [1.29, 1.82) is 0 Å². The van der Waals surface area contributed by atoms with E-state index in [-0.39, 0.29) is 5.56 Å². The molecule has 1 aliphatic carbocycles. The highest BCUT2D eigenvalue weighted by Crippen LogP contribution is 2.37. The Bertz CT molecular complexity index is 1460. The number of methoxy groups -OCH3 is 1. The van der Waals surface area contributed by atoms with E-state index in [0.29, 0.717) is 42.4 Å². The summed E-state index contributed by atoms with van der Waals surface area (Å²) in [6, 6.07) is 14.0. The summed E-state index contributed by atoms with van der Waals surface area (Å²) in [7, 11) is 1.62. The molecular formula is C31H36N2O4S. The SMILES string of the molecule is CC[C@H](C)c1ccc(OCCCOc2ccc(-c3nc4sc5c(c4c(=O)[nH]3)CC[C@@H](C)C5)cc2OC)cc1. The van der Waals surface area contributed by atoms with E-state index in [4.69, 9.17) is 19.2 Å². The minimum Gasteiger partial charge on any atom is -0.493 e. The van der Waals surface area contributed by atoms with Crippen LogP contribution in [0.4, 0.5) is 0 Å². The van der Waals surface area contributed by atoms with E-state index in [0.717, 1.165) is 53.6 Å². The van der Waals surface area contributed by atoms with E-state index < -0.39 is 0 Å². The largest absolute Gasteiger partial charge is 0.493 e. The van der Waals surface area contributed by atoms with Crippen molar-refractivity contribution in [2.24, 2.45) is 5.92 Å². The first-order chi connectivity index (χ1) is 18.5. The number of hydrogen-bond donors (Lipinski definition) is 1. The number of rotatable bonds is 10. The van der Waals surface area contributed by atoms with Crippen molar-refractivity contribution in [3.8, 4) is 28.6 Å². The van der Waals surface area contributed by atoms with Gasteiger partial charge in [-0.25, -0.2) is 4.98 Å². The molecule has 38 heavy (non-hydrogen) atoms. The summed E-state index contributed by atoms with van der Waals surface area (Å²) >= 11 is 1.66. The summed E-state index contributed by atoms with van der Waals surface area (Å²) in [5, 5.41) is 0.765. The van der Waals surface area contributed by atoms with E-state index >= 15 is 0 Å². The number of nitrogens with zero attached hydrogens (tertiary/aromatic N) is 1. The third-order valence-corrected chi connectivity index (χ3v) is 8.63. The molecule has 0 saturated carbocycles. The Morgan fingerprint density at radius 1 is 1.11 bits per heavy atom. The van der Waals surface area contributed by atoms with Gasteiger partial charge < -0.3 is 19.2 Å². The van der Waals surface area contributed by atoms with Crippen LogP contribution < -0.4 is 19.8 Å². The molecule has 5 rings (SSSR count). The van der Waals surface area contributed by atoms with Crippen LogP contribution in [-0.4, -0.2) is 30.3 Å². The van der Waals surface area contributed by atoms with Crippen LogP contribution in [0.2, 0.25) is 0 Å². The Kier molecular flexibility index (Phi) is 8.03. The zero-order valence-corrected chi connectivity index (χ0v) is 23.5. The third-order valence-electron chi connectivity index (χ3n) is 7.48. The molecule has 2 atom stereocenters. The van der Waals surface area contributed by atoms with Gasteiger partial charge in [-0.3, -0.25) is 4.79 Å². The predicted octanol–water partition coefficient (Wildman–Crippen LogP) is 7.15. The molecule has 0 radical (unpaired) electrons. The van der Waals surface area contributed by atoms with Crippen LogP contribution in [0.3, 0.4) is 0 Å². The maximum absolute atomic E-state index is 13.0. The van der Waals surface area contributed by atoms with Crippen LogP contribution in [0.1, 0.15) is 62.0 Å². The van der Waals surface area contributed by atoms with Crippen molar-refractivity contribution in [2.45, 2.75) is 58.8 Å². The lowest BCUT2D eigenvalue weighted by Crippen LogP contribution is -2.13. The highest BCUT2D eigenvalue weighted by Gasteiger charge is 2.23. The Labute approximate surface area is 228 Å². The second kappa shape index (κ2) is 11.6. The minimum atomic E-state index is -0.0640. The summed E-state index contributed by atoms with van der Waals surface area (Å²) in [6.45, 7) is 7.77. The first-order valence-electron chi connectivity index (χ1n) is 13.5. The third kappa shape index (κ3) is 5.58. The number of nitrogens with one attached hydrogen (secondary N) is 1. The number of aryl methyl sites for hydroxylation is 1. The molecule has 2 heterocycles. The minimum absolute atomic E-state index is 0.0640. The molecule has 200 valence electrons. The molecule has 0 amide bonds. The molecule has 1 aliphatic rings. The van der Waals surface area contributed by atoms with Crippen LogP contribution >= 0.6 is 11.3 Å². The normalized spacial score (nSPS) is 15.7. The second-order valence-corrected chi connectivity index (χ2v) is 11.3. The molecule has 0 unspecified atom stereocenters. The van der Waals surface area contributed by atoms with Crippen molar-refractivity contribution in [3.63, 3.8) is 0 Å². The lowest BCUT2D eigenvalue weighted by atomic mass is 9.89. The molecule has 2 aromatic carbocycles. The predicted molar refractivity (Wildman–Crippen MR) is 154 cm³/mol. The van der Waals surface area contributed by atoms with Crippen LogP contribution in [0, 0.1) is 5.92 Å². The van der Waals surface area contributed by atoms with Crippen molar-refractivity contribution in [2.75, 3.05) is 20.3 Å². The van der Waals surface area contributed by atoms with Gasteiger partial charge in [0.2, 0.25) is 0 Å². The number of ether oxygens (including phenoxy) is 3. The van der Waals surface area contributed by atoms with Gasteiger partial charge in [0.1, 0.15) is 16.4 Å². The summed E-state index contributed by atoms with van der Waals surface area (Å²) in [4.78, 5) is 23.0. The van der Waals surface area contributed by atoms with Gasteiger partial charge in [0.15, 0.2) is 11.5 Å². The van der Waals surface area contributed by atoms with Gasteiger partial charge in [-0.1, -0.05) is 32.9 Å². The number of aromatic nitrogens is 2. The molecule has 6 nitrogen and oxygen atoms in total. The monoisotopic (exact) mass is 532 g/mol. The van der Waals surface area contributed by atoms with Crippen LogP contribution in [-0.2, 0) is 12.8 Å². The smallest absolute Gasteiger partial charge is 0.260 e. The molecule has 1 N–H and O–H groups in total. The first kappa shape index (κ1) is 26.3. The van der Waals surface area contributed by atoms with Gasteiger partial charge in [0.05, 0.1) is 25.7 Å². The Morgan fingerprint density at radius 2 is 1.89 bits per heavy atom. The zero-order chi connectivity index (χ0) is 26.6. The number of hydrogen-bond acceptors (Lipinski definition) is 6. The van der Waals surface area contributed by atoms with E-state index in [9.17, 15) is 4.79 Å². The summed E-state index contributed by atoms with van der Waals surface area (Å²) in [5.74, 6) is 3.88. The summed E-state index contributed by atoms with van der Waals surface area (Å²) < 4.78 is 17.5. The zero-order valence-electron chi connectivity index (χ0n) is 22.6. The molecule has 0 bridgehead atoms. The number of thiophene rings is 1. The molecule has 2 aromatic heterocycles. The highest BCUT2D eigenvalue weighted by molar-refractivity contribution is 7.18. The van der Waals surface area contributed by atoms with E-state index in [1.54, 1.807) is 18.4 Å². The van der Waals surface area contributed by atoms with Crippen molar-refractivity contribution in [1.82, 2.24) is 9.97 Å². The highest BCUT2D eigenvalue weighted by atomic mass is 32.1. The molecule has 7 heteroatoms. The molecular weight excluding hydrogens is 496 g/mol. The quantitative estimate of drug-likeness (QED) is 0.220. The van der Waals surface area contributed by atoms with Gasteiger partial charge in [0.25, 0.3) is 5.56 Å². The van der Waals surface area contributed by atoms with Crippen LogP contribution in [0.25, 0.3) is 21.6 Å². The molecule has 0 fully saturated rings. The number of benzene rings is 2. The van der Waals surface area contributed by atoms with E-state index in [2.05, 4.69) is 37.9 Å². The van der Waals surface area contributed by atoms with Gasteiger partial charge in [0, 0.05) is 16.9 Å². The van der Waals surface area contributed by atoms with Crippen molar-refractivity contribution in [3.05, 3.63) is 68.8 Å². The van der Waals surface area contributed by atoms with Gasteiger partial charge in [-0.15, -0.1) is 11.3 Å². The van der Waals surface area contributed by atoms with Crippen molar-refractivity contribution < 1.29 is 14.2 Å². The lowest BCUT2D eigenvalue weighted by Gasteiger charge is -2.17. The average molecular weight is 533 g/mol. The Hall–Kier alpha value is -3.32. The Balaban J connectivity index is 1.22. The summed E-state index contributed by atoms with van der Waals surface area (Å²) in [6.07, 6.45) is 4.97. The fourth-order valence-corrected chi connectivity index (χ4v) is 6.36. The number of fused-ring (bicyclic) bond motifs is 3. The fourth-order valence-electron chi connectivity index (χ4n) is 4.98. The summed E-state index contributed by atoms with van der Waals surface area (Å²) in [5.41, 5.74) is 3.25. The maximum atomic E-state index is 13.0. The number of aromatic amines is 1. The van der Waals surface area contributed by atoms with Crippen LogP contribution in [0.5, 0.6) is 17.2 Å². The maximum Gasteiger partial charge on any atom is 0.260 e. The van der Waals surface area contributed by atoms with Gasteiger partial charge in [-0.2, -0.15) is 0 Å². The Morgan fingerprint density at radius 3 is 2.66 bits per heavy atom.